The highest BCUT2D eigenvalue weighted by molar-refractivity contribution is 6.30. The van der Waals surface area contributed by atoms with E-state index in [1.54, 1.807) is 0 Å². The fourth-order valence-electron chi connectivity index (χ4n) is 4.43. The molecule has 0 fully saturated rings. The van der Waals surface area contributed by atoms with Crippen molar-refractivity contribution in [2.75, 3.05) is 18.1 Å². The van der Waals surface area contributed by atoms with Gasteiger partial charge >= 0.3 is 0 Å². The molecule has 182 valence electrons. The minimum absolute atomic E-state index is 0.0372. The number of aryl methyl sites for hydroxylation is 1. The van der Waals surface area contributed by atoms with Crippen LogP contribution in [0.25, 0.3) is 5.69 Å². The Kier molecular flexibility index (Phi) is 6.57. The predicted molar refractivity (Wildman–Crippen MR) is 143 cm³/mol. The quantitative estimate of drug-likeness (QED) is 0.353. The first-order valence-corrected chi connectivity index (χ1v) is 12.4. The fraction of sp³-hybridized carbons (Fsp3) is 0.214. The summed E-state index contributed by atoms with van der Waals surface area (Å²) in [6.45, 7) is 7.74. The smallest absolute Gasteiger partial charge is 0.253 e. The summed E-state index contributed by atoms with van der Waals surface area (Å²) >= 11 is 6.17. The van der Waals surface area contributed by atoms with Crippen molar-refractivity contribution in [1.29, 1.82) is 0 Å². The van der Waals surface area contributed by atoms with Crippen molar-refractivity contribution in [3.63, 3.8) is 0 Å². The van der Waals surface area contributed by atoms with Crippen LogP contribution in [-0.4, -0.2) is 44.4 Å². The molecular formula is C28H27ClN6O. The number of carbonyl (C=O) groups excluding carboxylic acids is 1. The fourth-order valence-corrected chi connectivity index (χ4v) is 4.56. The largest absolute Gasteiger partial charge is 0.339 e. The van der Waals surface area contributed by atoms with Crippen molar-refractivity contribution in [1.82, 2.24) is 19.7 Å². The summed E-state index contributed by atoms with van der Waals surface area (Å²) in [6.07, 6.45) is 0. The number of hydrazone groups is 1. The zero-order valence-corrected chi connectivity index (χ0v) is 21.3. The van der Waals surface area contributed by atoms with Gasteiger partial charge in [-0.3, -0.25) is 9.36 Å². The van der Waals surface area contributed by atoms with Gasteiger partial charge in [0.25, 0.3) is 11.9 Å². The van der Waals surface area contributed by atoms with Crippen LogP contribution in [-0.2, 0) is 6.54 Å². The average molecular weight is 499 g/mol. The third kappa shape index (κ3) is 4.38. The third-order valence-corrected chi connectivity index (χ3v) is 6.61. The number of benzene rings is 3. The van der Waals surface area contributed by atoms with E-state index in [2.05, 4.69) is 22.3 Å². The van der Waals surface area contributed by atoms with Gasteiger partial charge in [0, 0.05) is 34.8 Å². The number of halogens is 1. The minimum Gasteiger partial charge on any atom is -0.339 e. The lowest BCUT2D eigenvalue weighted by atomic mass is 10.0. The van der Waals surface area contributed by atoms with Gasteiger partial charge in [-0.1, -0.05) is 54.1 Å². The second-order valence-corrected chi connectivity index (χ2v) is 9.02. The number of aromatic nitrogens is 3. The standard InChI is InChI=1S/C28H27ClN6O/c1-4-33(5-2)27(36)22-12-10-20(11-13-22)18-34-28-31-30-19(3)35(28)25-9-7-6-8-24(25)26(32-34)21-14-16-23(29)17-15-21/h6-17H,4-5,18H2,1-3H3. The van der Waals surface area contributed by atoms with Crippen LogP contribution in [0.1, 0.15) is 46.7 Å². The monoisotopic (exact) mass is 498 g/mol. The van der Waals surface area contributed by atoms with E-state index in [0.29, 0.717) is 36.2 Å². The third-order valence-electron chi connectivity index (χ3n) is 6.36. The highest BCUT2D eigenvalue weighted by Crippen LogP contribution is 2.30. The van der Waals surface area contributed by atoms with Crippen LogP contribution in [0.5, 0.6) is 0 Å². The summed E-state index contributed by atoms with van der Waals surface area (Å²) in [5, 5.41) is 16.5. The lowest BCUT2D eigenvalue weighted by Gasteiger charge is -2.20. The lowest BCUT2D eigenvalue weighted by molar-refractivity contribution is 0.0773. The number of amides is 1. The highest BCUT2D eigenvalue weighted by Gasteiger charge is 2.26. The molecule has 0 spiro atoms. The summed E-state index contributed by atoms with van der Waals surface area (Å²) in [4.78, 5) is 14.5. The van der Waals surface area contributed by atoms with Crippen LogP contribution in [0.15, 0.2) is 77.9 Å². The Morgan fingerprint density at radius 2 is 1.61 bits per heavy atom. The number of hydrogen-bond acceptors (Lipinski definition) is 5. The van der Waals surface area contributed by atoms with Crippen LogP contribution in [0.3, 0.4) is 0 Å². The zero-order valence-electron chi connectivity index (χ0n) is 20.5. The maximum Gasteiger partial charge on any atom is 0.253 e. The molecule has 0 aliphatic carbocycles. The molecule has 0 unspecified atom stereocenters. The maximum atomic E-state index is 12.7. The molecule has 1 amide bonds. The first-order chi connectivity index (χ1) is 17.5. The highest BCUT2D eigenvalue weighted by atomic mass is 35.5. The van der Waals surface area contributed by atoms with Crippen molar-refractivity contribution in [3.8, 4) is 5.69 Å². The summed E-state index contributed by atoms with van der Waals surface area (Å²) in [5.41, 5.74) is 5.39. The molecule has 0 atom stereocenters. The van der Waals surface area contributed by atoms with Gasteiger partial charge in [-0.05, 0) is 56.7 Å². The van der Waals surface area contributed by atoms with Gasteiger partial charge in [-0.2, -0.15) is 5.10 Å². The van der Waals surface area contributed by atoms with Crippen molar-refractivity contribution < 1.29 is 4.79 Å². The van der Waals surface area contributed by atoms with Crippen LogP contribution in [0.2, 0.25) is 5.02 Å². The van der Waals surface area contributed by atoms with Crippen molar-refractivity contribution in [3.05, 3.63) is 106 Å². The molecule has 0 bridgehead atoms. The molecule has 1 aliphatic rings. The molecule has 0 N–H and O–H groups in total. The van der Waals surface area contributed by atoms with E-state index < -0.39 is 0 Å². The SMILES string of the molecule is CCN(CC)C(=O)c1ccc(CN2N=C(c3ccc(Cl)cc3)c3ccccc3-n3c(C)nnc32)cc1. The van der Waals surface area contributed by atoms with Gasteiger partial charge in [-0.15, -0.1) is 10.2 Å². The van der Waals surface area contributed by atoms with Gasteiger partial charge in [0.05, 0.1) is 12.2 Å². The molecular weight excluding hydrogens is 472 g/mol. The topological polar surface area (TPSA) is 66.6 Å². The molecule has 0 saturated heterocycles. The summed E-state index contributed by atoms with van der Waals surface area (Å²) in [7, 11) is 0. The number of hydrogen-bond donors (Lipinski definition) is 0. The molecule has 3 aromatic carbocycles. The molecule has 7 nitrogen and oxygen atoms in total. The average Bonchev–Trinajstić information content (AvgIpc) is 3.22. The normalized spacial score (nSPS) is 12.4. The summed E-state index contributed by atoms with van der Waals surface area (Å²) < 4.78 is 2.03. The number of para-hydroxylation sites is 1. The number of fused-ring (bicyclic) bond motifs is 3. The van der Waals surface area contributed by atoms with Gasteiger partial charge in [0.1, 0.15) is 11.5 Å². The number of rotatable bonds is 6. The second kappa shape index (κ2) is 9.95. The molecule has 1 aromatic heterocycles. The second-order valence-electron chi connectivity index (χ2n) is 8.59. The maximum absolute atomic E-state index is 12.7. The van der Waals surface area contributed by atoms with E-state index in [1.165, 1.54) is 0 Å². The van der Waals surface area contributed by atoms with Crippen LogP contribution in [0.4, 0.5) is 5.95 Å². The first kappa shape index (κ1) is 23.8. The van der Waals surface area contributed by atoms with E-state index in [1.807, 2.05) is 95.9 Å². The molecule has 1 aliphatic heterocycles. The van der Waals surface area contributed by atoms with Crippen molar-refractivity contribution in [2.24, 2.45) is 5.10 Å². The Balaban J connectivity index is 1.57. The number of carbonyl (C=O) groups is 1. The molecule has 4 aromatic rings. The molecule has 0 saturated carbocycles. The minimum atomic E-state index is 0.0372. The van der Waals surface area contributed by atoms with Gasteiger partial charge in [-0.25, -0.2) is 5.01 Å². The van der Waals surface area contributed by atoms with Gasteiger partial charge in [0.15, 0.2) is 0 Å². The van der Waals surface area contributed by atoms with E-state index in [4.69, 9.17) is 16.7 Å². The molecule has 0 radical (unpaired) electrons. The summed E-state index contributed by atoms with van der Waals surface area (Å²) in [5.74, 6) is 1.44. The lowest BCUT2D eigenvalue weighted by Crippen LogP contribution is -2.30. The van der Waals surface area contributed by atoms with Gasteiger partial charge < -0.3 is 4.90 Å². The van der Waals surface area contributed by atoms with Crippen molar-refractivity contribution in [2.45, 2.75) is 27.3 Å². The van der Waals surface area contributed by atoms with Crippen LogP contribution >= 0.6 is 11.6 Å². The Hall–Kier alpha value is -3.97. The zero-order chi connectivity index (χ0) is 25.2. The molecule has 2 heterocycles. The van der Waals surface area contributed by atoms with Crippen LogP contribution < -0.4 is 5.01 Å². The van der Waals surface area contributed by atoms with E-state index in [-0.39, 0.29) is 5.91 Å². The Morgan fingerprint density at radius 3 is 2.31 bits per heavy atom. The van der Waals surface area contributed by atoms with E-state index in [9.17, 15) is 4.79 Å². The molecule has 8 heteroatoms. The number of anilines is 1. The van der Waals surface area contributed by atoms with E-state index in [0.717, 1.165) is 33.9 Å². The van der Waals surface area contributed by atoms with E-state index >= 15 is 0 Å². The van der Waals surface area contributed by atoms with Crippen molar-refractivity contribution >= 4 is 29.2 Å². The van der Waals surface area contributed by atoms with Crippen LogP contribution in [0, 0.1) is 6.92 Å². The Bertz CT molecular complexity index is 1420. The predicted octanol–water partition coefficient (Wildman–Crippen LogP) is 5.48. The molecule has 5 rings (SSSR count). The molecule has 36 heavy (non-hydrogen) atoms. The first-order valence-electron chi connectivity index (χ1n) is 12.0. The summed E-state index contributed by atoms with van der Waals surface area (Å²) in [6, 6.07) is 23.5. The van der Waals surface area contributed by atoms with Gasteiger partial charge in [0.2, 0.25) is 0 Å². The Labute approximate surface area is 215 Å². The number of nitrogens with zero attached hydrogens (tertiary/aromatic N) is 6. The Morgan fingerprint density at radius 1 is 0.917 bits per heavy atom.